The predicted molar refractivity (Wildman–Crippen MR) is 88.3 cm³/mol. The van der Waals surface area contributed by atoms with Gasteiger partial charge < -0.3 is 10.1 Å². The minimum absolute atomic E-state index is 0.236. The molecule has 0 saturated heterocycles. The fourth-order valence-electron chi connectivity index (χ4n) is 2.13. The van der Waals surface area contributed by atoms with Crippen molar-refractivity contribution in [3.05, 3.63) is 90.0 Å². The molecular weight excluding hydrogens is 307 g/mol. The van der Waals surface area contributed by atoms with Gasteiger partial charge in [0.2, 0.25) is 0 Å². The first-order chi connectivity index (χ1) is 11.7. The van der Waals surface area contributed by atoms with Gasteiger partial charge in [0, 0.05) is 12.7 Å². The maximum absolute atomic E-state index is 12.9. The van der Waals surface area contributed by atoms with E-state index in [1.807, 2.05) is 18.2 Å². The first-order valence-electron chi connectivity index (χ1n) is 7.42. The molecule has 0 unspecified atom stereocenters. The lowest BCUT2D eigenvalue weighted by Gasteiger charge is -2.09. The normalized spacial score (nSPS) is 10.2. The van der Waals surface area contributed by atoms with Crippen LogP contribution in [0.2, 0.25) is 0 Å². The largest absolute Gasteiger partial charge is 0.457 e. The molecule has 3 aromatic rings. The highest BCUT2D eigenvalue weighted by Crippen LogP contribution is 2.22. The molecule has 3 rings (SSSR count). The zero-order valence-electron chi connectivity index (χ0n) is 12.8. The Bertz CT molecular complexity index is 820. The minimum Gasteiger partial charge on any atom is -0.457 e. The van der Waals surface area contributed by atoms with Gasteiger partial charge >= 0.3 is 0 Å². The SMILES string of the molecule is O=C(NCc1cccc(Oc2ccc(F)cc2)c1)c1ccccn1. The molecule has 0 spiro atoms. The summed E-state index contributed by atoms with van der Waals surface area (Å²) in [6, 6.07) is 18.3. The molecule has 1 heterocycles. The molecule has 0 bridgehead atoms. The lowest BCUT2D eigenvalue weighted by Crippen LogP contribution is -2.23. The summed E-state index contributed by atoms with van der Waals surface area (Å²) < 4.78 is 18.6. The molecule has 0 aliphatic carbocycles. The number of carbonyl (C=O) groups excluding carboxylic acids is 1. The molecule has 0 aliphatic heterocycles. The molecule has 24 heavy (non-hydrogen) atoms. The standard InChI is InChI=1S/C19H15FN2O2/c20-15-7-9-16(10-8-15)24-17-5-3-4-14(12-17)13-22-19(23)18-6-1-2-11-21-18/h1-12H,13H2,(H,22,23). The number of rotatable bonds is 5. The van der Waals surface area contributed by atoms with Crippen LogP contribution in [0.4, 0.5) is 4.39 Å². The number of benzene rings is 2. The summed E-state index contributed by atoms with van der Waals surface area (Å²) in [4.78, 5) is 16.0. The van der Waals surface area contributed by atoms with E-state index >= 15 is 0 Å². The summed E-state index contributed by atoms with van der Waals surface area (Å²) in [6.45, 7) is 0.357. The number of pyridine rings is 1. The third kappa shape index (κ3) is 4.16. The van der Waals surface area contributed by atoms with Gasteiger partial charge in [-0.1, -0.05) is 18.2 Å². The highest BCUT2D eigenvalue weighted by atomic mass is 19.1. The Balaban J connectivity index is 1.63. The van der Waals surface area contributed by atoms with E-state index in [9.17, 15) is 9.18 Å². The molecule has 120 valence electrons. The number of halogens is 1. The van der Waals surface area contributed by atoms with Gasteiger partial charge in [0.25, 0.3) is 5.91 Å². The number of amides is 1. The Morgan fingerprint density at radius 3 is 2.58 bits per heavy atom. The molecule has 0 saturated carbocycles. The molecular formula is C19H15FN2O2. The quantitative estimate of drug-likeness (QED) is 0.774. The van der Waals surface area contributed by atoms with Gasteiger partial charge in [0.15, 0.2) is 0 Å². The van der Waals surface area contributed by atoms with Gasteiger partial charge in [-0.3, -0.25) is 9.78 Å². The Morgan fingerprint density at radius 2 is 1.83 bits per heavy atom. The van der Waals surface area contributed by atoms with Crippen LogP contribution in [0.3, 0.4) is 0 Å². The third-order valence-corrected chi connectivity index (χ3v) is 3.30. The first kappa shape index (κ1) is 15.7. The van der Waals surface area contributed by atoms with E-state index in [1.165, 1.54) is 12.1 Å². The predicted octanol–water partition coefficient (Wildman–Crippen LogP) is 3.94. The number of hydrogen-bond acceptors (Lipinski definition) is 3. The summed E-state index contributed by atoms with van der Waals surface area (Å²) in [5.74, 6) is 0.617. The van der Waals surface area contributed by atoms with Crippen LogP contribution in [0.25, 0.3) is 0 Å². The van der Waals surface area contributed by atoms with E-state index < -0.39 is 0 Å². The third-order valence-electron chi connectivity index (χ3n) is 3.30. The van der Waals surface area contributed by atoms with Gasteiger partial charge in [0.1, 0.15) is 23.0 Å². The van der Waals surface area contributed by atoms with Gasteiger partial charge in [-0.15, -0.1) is 0 Å². The van der Waals surface area contributed by atoms with Crippen molar-refractivity contribution in [2.45, 2.75) is 6.54 Å². The van der Waals surface area contributed by atoms with Crippen LogP contribution < -0.4 is 10.1 Å². The highest BCUT2D eigenvalue weighted by Gasteiger charge is 2.06. The molecule has 1 amide bonds. The lowest BCUT2D eigenvalue weighted by atomic mass is 10.2. The molecule has 0 atom stereocenters. The number of nitrogens with one attached hydrogen (secondary N) is 1. The molecule has 2 aromatic carbocycles. The summed E-state index contributed by atoms with van der Waals surface area (Å²) >= 11 is 0. The van der Waals surface area contributed by atoms with E-state index in [0.717, 1.165) is 5.56 Å². The number of hydrogen-bond donors (Lipinski definition) is 1. The molecule has 0 radical (unpaired) electrons. The molecule has 0 aliphatic rings. The van der Waals surface area contributed by atoms with Gasteiger partial charge in [-0.05, 0) is 54.1 Å². The first-order valence-corrected chi connectivity index (χ1v) is 7.42. The van der Waals surface area contributed by atoms with Crippen molar-refractivity contribution in [1.29, 1.82) is 0 Å². The average molecular weight is 322 g/mol. The van der Waals surface area contributed by atoms with Crippen LogP contribution in [0.15, 0.2) is 72.9 Å². The zero-order valence-corrected chi connectivity index (χ0v) is 12.8. The van der Waals surface area contributed by atoms with Crippen LogP contribution in [-0.2, 0) is 6.54 Å². The van der Waals surface area contributed by atoms with Crippen LogP contribution in [0.5, 0.6) is 11.5 Å². The summed E-state index contributed by atoms with van der Waals surface area (Å²) in [7, 11) is 0. The van der Waals surface area contributed by atoms with E-state index in [0.29, 0.717) is 23.7 Å². The Morgan fingerprint density at radius 1 is 1.00 bits per heavy atom. The van der Waals surface area contributed by atoms with Crippen molar-refractivity contribution in [1.82, 2.24) is 10.3 Å². The fourth-order valence-corrected chi connectivity index (χ4v) is 2.13. The van der Waals surface area contributed by atoms with Crippen molar-refractivity contribution in [3.63, 3.8) is 0 Å². The maximum Gasteiger partial charge on any atom is 0.270 e. The molecule has 5 heteroatoms. The van der Waals surface area contributed by atoms with E-state index in [4.69, 9.17) is 4.74 Å². The fraction of sp³-hybridized carbons (Fsp3) is 0.0526. The van der Waals surface area contributed by atoms with E-state index in [1.54, 1.807) is 42.6 Å². The minimum atomic E-state index is -0.312. The monoisotopic (exact) mass is 322 g/mol. The average Bonchev–Trinajstić information content (AvgIpc) is 2.63. The molecule has 1 N–H and O–H groups in total. The number of carbonyl (C=O) groups is 1. The van der Waals surface area contributed by atoms with Gasteiger partial charge in [0.05, 0.1) is 0 Å². The van der Waals surface area contributed by atoms with Crippen molar-refractivity contribution in [3.8, 4) is 11.5 Å². The second-order valence-corrected chi connectivity index (χ2v) is 5.10. The molecule has 1 aromatic heterocycles. The number of aromatic nitrogens is 1. The van der Waals surface area contributed by atoms with Crippen LogP contribution in [0.1, 0.15) is 16.1 Å². The molecule has 0 fully saturated rings. The van der Waals surface area contributed by atoms with Crippen molar-refractivity contribution < 1.29 is 13.9 Å². The number of ether oxygens (including phenoxy) is 1. The Kier molecular flexibility index (Phi) is 4.81. The second kappa shape index (κ2) is 7.37. The van der Waals surface area contributed by atoms with Crippen molar-refractivity contribution >= 4 is 5.91 Å². The van der Waals surface area contributed by atoms with Crippen molar-refractivity contribution in [2.24, 2.45) is 0 Å². The van der Waals surface area contributed by atoms with E-state index in [-0.39, 0.29) is 11.7 Å². The second-order valence-electron chi connectivity index (χ2n) is 5.10. The number of nitrogens with zero attached hydrogens (tertiary/aromatic N) is 1. The van der Waals surface area contributed by atoms with Gasteiger partial charge in [-0.25, -0.2) is 4.39 Å². The van der Waals surface area contributed by atoms with E-state index in [2.05, 4.69) is 10.3 Å². The van der Waals surface area contributed by atoms with Crippen molar-refractivity contribution in [2.75, 3.05) is 0 Å². The van der Waals surface area contributed by atoms with Crippen LogP contribution in [0, 0.1) is 5.82 Å². The Hall–Kier alpha value is -3.21. The Labute approximate surface area is 138 Å². The van der Waals surface area contributed by atoms with Crippen LogP contribution in [-0.4, -0.2) is 10.9 Å². The summed E-state index contributed by atoms with van der Waals surface area (Å²) in [6.07, 6.45) is 1.58. The zero-order chi connectivity index (χ0) is 16.8. The lowest BCUT2D eigenvalue weighted by molar-refractivity contribution is 0.0946. The summed E-state index contributed by atoms with van der Waals surface area (Å²) in [5.41, 5.74) is 1.26. The molecule has 4 nitrogen and oxygen atoms in total. The van der Waals surface area contributed by atoms with Crippen LogP contribution >= 0.6 is 0 Å². The topological polar surface area (TPSA) is 51.2 Å². The smallest absolute Gasteiger partial charge is 0.270 e. The van der Waals surface area contributed by atoms with Gasteiger partial charge in [-0.2, -0.15) is 0 Å². The summed E-state index contributed by atoms with van der Waals surface area (Å²) in [5, 5.41) is 2.81. The maximum atomic E-state index is 12.9. The highest BCUT2D eigenvalue weighted by molar-refractivity contribution is 5.92.